The largest absolute Gasteiger partial charge is 0.478 e. The van der Waals surface area contributed by atoms with E-state index in [2.05, 4.69) is 20.8 Å². The van der Waals surface area contributed by atoms with Gasteiger partial charge in [0, 0.05) is 41.2 Å². The van der Waals surface area contributed by atoms with Crippen molar-refractivity contribution in [2.24, 2.45) is 39.4 Å². The Kier molecular flexibility index (Phi) is 6.35. The molecule has 0 aromatic heterocycles. The molecule has 0 radical (unpaired) electrons. The van der Waals surface area contributed by atoms with Gasteiger partial charge in [0.25, 0.3) is 0 Å². The molecule has 198 valence electrons. The van der Waals surface area contributed by atoms with E-state index in [0.29, 0.717) is 48.8 Å². The van der Waals surface area contributed by atoms with E-state index in [4.69, 9.17) is 5.11 Å². The Labute approximate surface area is 214 Å². The lowest BCUT2D eigenvalue weighted by Crippen LogP contribution is -2.60. The molecule has 0 amide bonds. The third-order valence-corrected chi connectivity index (χ3v) is 11.2. The summed E-state index contributed by atoms with van der Waals surface area (Å²) in [5.74, 6) is -0.703. The molecule has 0 saturated heterocycles. The first-order valence-electron chi connectivity index (χ1n) is 13.5. The Hall–Kier alpha value is -2.08. The second kappa shape index (κ2) is 8.47. The number of rotatable bonds is 5. The van der Waals surface area contributed by atoms with Crippen LogP contribution >= 0.6 is 0 Å². The minimum Gasteiger partial charge on any atom is -0.478 e. The molecule has 7 atom stereocenters. The van der Waals surface area contributed by atoms with E-state index < -0.39 is 33.7 Å². The normalized spacial score (nSPS) is 41.1. The minimum atomic E-state index is -0.930. The van der Waals surface area contributed by atoms with Crippen molar-refractivity contribution in [2.75, 3.05) is 0 Å². The van der Waals surface area contributed by atoms with Gasteiger partial charge in [-0.15, -0.1) is 0 Å². The number of carbonyl (C=O) groups excluding carboxylic acids is 3. The molecule has 0 heterocycles. The van der Waals surface area contributed by atoms with Crippen molar-refractivity contribution in [3.05, 3.63) is 22.8 Å². The molecule has 36 heavy (non-hydrogen) atoms. The maximum atomic E-state index is 14.0. The van der Waals surface area contributed by atoms with Crippen molar-refractivity contribution in [1.29, 1.82) is 0 Å². The Bertz CT molecular complexity index is 1090. The first-order valence-corrected chi connectivity index (χ1v) is 13.5. The van der Waals surface area contributed by atoms with Crippen LogP contribution in [0, 0.1) is 39.4 Å². The van der Waals surface area contributed by atoms with Crippen LogP contribution in [0.1, 0.15) is 93.4 Å². The van der Waals surface area contributed by atoms with Crippen molar-refractivity contribution in [3.8, 4) is 0 Å². The lowest BCUT2D eigenvalue weighted by atomic mass is 9.42. The zero-order valence-corrected chi connectivity index (χ0v) is 22.9. The number of fused-ring (bicyclic) bond motifs is 4. The molecule has 7 unspecified atom stereocenters. The molecule has 2 saturated carbocycles. The number of hydrogen-bond acceptors (Lipinski definition) is 5. The first kappa shape index (κ1) is 27.0. The molecule has 0 aromatic carbocycles. The van der Waals surface area contributed by atoms with E-state index in [-0.39, 0.29) is 41.5 Å². The van der Waals surface area contributed by atoms with Gasteiger partial charge in [-0.25, -0.2) is 4.79 Å². The van der Waals surface area contributed by atoms with Crippen molar-refractivity contribution >= 4 is 23.3 Å². The molecule has 6 nitrogen and oxygen atoms in total. The highest BCUT2D eigenvalue weighted by atomic mass is 16.4. The fourth-order valence-corrected chi connectivity index (χ4v) is 8.77. The van der Waals surface area contributed by atoms with Crippen molar-refractivity contribution in [3.63, 3.8) is 0 Å². The number of allylic oxidation sites excluding steroid dienone is 2. The summed E-state index contributed by atoms with van der Waals surface area (Å²) in [5.41, 5.74) is -1.13. The minimum absolute atomic E-state index is 0.0230. The number of aliphatic hydroxyl groups excluding tert-OH is 1. The van der Waals surface area contributed by atoms with Gasteiger partial charge < -0.3 is 10.2 Å². The molecule has 6 heteroatoms. The molecule has 0 aromatic rings. The van der Waals surface area contributed by atoms with Gasteiger partial charge in [0.1, 0.15) is 11.6 Å². The van der Waals surface area contributed by atoms with Crippen molar-refractivity contribution in [1.82, 2.24) is 0 Å². The average Bonchev–Trinajstić information content (AvgIpc) is 2.99. The van der Waals surface area contributed by atoms with Crippen LogP contribution in [0.3, 0.4) is 0 Å². The van der Waals surface area contributed by atoms with Crippen LogP contribution in [-0.4, -0.2) is 39.6 Å². The summed E-state index contributed by atoms with van der Waals surface area (Å²) >= 11 is 0. The number of hydrogen-bond donors (Lipinski definition) is 2. The van der Waals surface area contributed by atoms with Crippen molar-refractivity contribution in [2.45, 2.75) is 99.5 Å². The summed E-state index contributed by atoms with van der Waals surface area (Å²) in [6.45, 7) is 13.6. The van der Waals surface area contributed by atoms with Gasteiger partial charge in [0.05, 0.1) is 11.5 Å². The lowest BCUT2D eigenvalue weighted by Gasteiger charge is -2.60. The van der Waals surface area contributed by atoms with Crippen molar-refractivity contribution < 1.29 is 29.4 Å². The van der Waals surface area contributed by atoms with E-state index in [1.54, 1.807) is 13.0 Å². The van der Waals surface area contributed by atoms with Gasteiger partial charge in [-0.05, 0) is 68.3 Å². The average molecular weight is 499 g/mol. The molecule has 4 rings (SSSR count). The highest BCUT2D eigenvalue weighted by Crippen LogP contribution is 2.70. The maximum Gasteiger partial charge on any atom is 0.330 e. The lowest BCUT2D eigenvalue weighted by molar-refractivity contribution is -0.146. The van der Waals surface area contributed by atoms with Gasteiger partial charge in [-0.1, -0.05) is 40.7 Å². The molecule has 4 aliphatic carbocycles. The fraction of sp³-hybridized carbons (Fsp3) is 0.733. The van der Waals surface area contributed by atoms with Crippen LogP contribution in [0.25, 0.3) is 0 Å². The summed E-state index contributed by atoms with van der Waals surface area (Å²) < 4.78 is 0. The first-order chi connectivity index (χ1) is 16.5. The summed E-state index contributed by atoms with van der Waals surface area (Å²) in [6.07, 6.45) is 4.13. The van der Waals surface area contributed by atoms with Gasteiger partial charge in [-0.3, -0.25) is 14.4 Å². The Morgan fingerprint density at radius 2 is 1.75 bits per heavy atom. The SMILES string of the molecule is CC(=CCCC(C)C1CC(=O)C2(C)C3=C(C(=O)CC12C)C1(C)CCC(=O)C(C)(C)C1CC3O)C(=O)O. The Morgan fingerprint density at radius 1 is 1.11 bits per heavy atom. The Balaban J connectivity index is 1.76. The number of aliphatic carboxylic acids is 1. The van der Waals surface area contributed by atoms with Crippen LogP contribution in [-0.2, 0) is 19.2 Å². The number of Topliss-reactive ketones (excluding diaryl/α,β-unsaturated/α-hetero) is 3. The number of carboxylic acid groups (broad SMARTS) is 1. The van der Waals surface area contributed by atoms with Crippen LogP contribution in [0.5, 0.6) is 0 Å². The zero-order chi connectivity index (χ0) is 27.0. The van der Waals surface area contributed by atoms with Gasteiger partial charge in [0.2, 0.25) is 0 Å². The molecule has 0 bridgehead atoms. The standard InChI is InChI=1S/C30H42O6/c1-16(9-8-10-17(2)26(35)36)18-13-23(34)30(7)25-19(31)14-21-27(3,4)22(33)11-12-28(21,5)24(25)20(32)15-29(18,30)6/h10,16,18-19,21,31H,8-9,11-15H2,1-7H3,(H,35,36). The molecule has 2 fully saturated rings. The predicted molar refractivity (Wildman–Crippen MR) is 136 cm³/mol. The molecule has 4 aliphatic rings. The van der Waals surface area contributed by atoms with Gasteiger partial charge in [-0.2, -0.15) is 0 Å². The van der Waals surface area contributed by atoms with Crippen LogP contribution in [0.15, 0.2) is 22.8 Å². The van der Waals surface area contributed by atoms with E-state index >= 15 is 0 Å². The zero-order valence-electron chi connectivity index (χ0n) is 22.9. The van der Waals surface area contributed by atoms with E-state index in [0.717, 1.165) is 6.42 Å². The second-order valence-electron chi connectivity index (χ2n) is 13.3. The second-order valence-corrected chi connectivity index (χ2v) is 13.3. The van der Waals surface area contributed by atoms with Crippen LogP contribution in [0.4, 0.5) is 0 Å². The molecule has 0 spiro atoms. The van der Waals surface area contributed by atoms with E-state index in [9.17, 15) is 24.3 Å². The third-order valence-electron chi connectivity index (χ3n) is 11.2. The summed E-state index contributed by atoms with van der Waals surface area (Å²) in [5, 5.41) is 20.7. The maximum absolute atomic E-state index is 14.0. The number of ketones is 3. The fourth-order valence-electron chi connectivity index (χ4n) is 8.77. The highest BCUT2D eigenvalue weighted by molar-refractivity contribution is 6.05. The topological polar surface area (TPSA) is 109 Å². The molecule has 2 N–H and O–H groups in total. The Morgan fingerprint density at radius 3 is 2.36 bits per heavy atom. The van der Waals surface area contributed by atoms with E-state index in [1.165, 1.54) is 0 Å². The summed E-state index contributed by atoms with van der Waals surface area (Å²) in [4.78, 5) is 51.9. The number of carbonyl (C=O) groups is 4. The third kappa shape index (κ3) is 3.46. The number of aliphatic hydroxyl groups is 1. The van der Waals surface area contributed by atoms with Gasteiger partial charge >= 0.3 is 5.97 Å². The van der Waals surface area contributed by atoms with E-state index in [1.807, 2.05) is 20.8 Å². The highest BCUT2D eigenvalue weighted by Gasteiger charge is 2.70. The molecule has 0 aliphatic heterocycles. The molecular formula is C30H42O6. The van der Waals surface area contributed by atoms with Crippen LogP contribution in [0.2, 0.25) is 0 Å². The number of carboxylic acids is 1. The predicted octanol–water partition coefficient (Wildman–Crippen LogP) is 5.08. The quantitative estimate of drug-likeness (QED) is 0.512. The summed E-state index contributed by atoms with van der Waals surface area (Å²) in [7, 11) is 0. The van der Waals surface area contributed by atoms with Gasteiger partial charge in [0.15, 0.2) is 5.78 Å². The monoisotopic (exact) mass is 498 g/mol. The van der Waals surface area contributed by atoms with Crippen LogP contribution < -0.4 is 0 Å². The summed E-state index contributed by atoms with van der Waals surface area (Å²) in [6, 6.07) is 0. The smallest absolute Gasteiger partial charge is 0.330 e. The molecular weight excluding hydrogens is 456 g/mol.